The lowest BCUT2D eigenvalue weighted by atomic mass is 10.2. The number of nitrogens with one attached hydrogen (secondary N) is 1. The summed E-state index contributed by atoms with van der Waals surface area (Å²) in [6.45, 7) is 5.79. The zero-order chi connectivity index (χ0) is 21.0. The highest BCUT2D eigenvalue weighted by Crippen LogP contribution is 2.28. The first-order valence-electron chi connectivity index (χ1n) is 9.09. The number of hydrogen-bond acceptors (Lipinski definition) is 6. The van der Waals surface area contributed by atoms with Crippen LogP contribution >= 0.6 is 0 Å². The average molecular weight is 409 g/mol. The average Bonchev–Trinajstić information content (AvgIpc) is 2.65. The molecule has 1 aromatic carbocycles. The highest BCUT2D eigenvalue weighted by Gasteiger charge is 2.31. The highest BCUT2D eigenvalue weighted by molar-refractivity contribution is 6.02. The number of amides is 1. The predicted octanol–water partition coefficient (Wildman–Crippen LogP) is 2.68. The minimum absolute atomic E-state index is 0.0930. The summed E-state index contributed by atoms with van der Waals surface area (Å²) in [5, 5.41) is 2.54. The maximum atomic E-state index is 12.5. The fourth-order valence-electron chi connectivity index (χ4n) is 2.93. The number of halogens is 3. The molecule has 1 fully saturated rings. The van der Waals surface area contributed by atoms with Gasteiger partial charge in [0.2, 0.25) is 0 Å². The summed E-state index contributed by atoms with van der Waals surface area (Å²) in [4.78, 5) is 25.4. The lowest BCUT2D eigenvalue weighted by Gasteiger charge is -2.31. The van der Waals surface area contributed by atoms with Crippen LogP contribution in [0.1, 0.15) is 21.7 Å². The highest BCUT2D eigenvalue weighted by atomic mass is 19.4. The van der Waals surface area contributed by atoms with E-state index in [1.54, 1.807) is 6.20 Å². The standard InChI is InChI=1S/C19H22F3N5O2/c1-13-3-4-14(9-17(13)29-19(20,21)22)25-18(28)16-11-23-10-15(24-16)12-27-7-5-26(2)6-8-27/h3-4,9-11H,5-8,12H2,1-2H3,(H,25,28). The fraction of sp³-hybridized carbons (Fsp3) is 0.421. The Morgan fingerprint density at radius 2 is 1.93 bits per heavy atom. The van der Waals surface area contributed by atoms with Gasteiger partial charge in [0.1, 0.15) is 11.4 Å². The predicted molar refractivity (Wildman–Crippen MR) is 101 cm³/mol. The molecule has 0 radical (unpaired) electrons. The number of nitrogens with zero attached hydrogens (tertiary/aromatic N) is 4. The van der Waals surface area contributed by atoms with E-state index in [0.29, 0.717) is 17.8 Å². The van der Waals surface area contributed by atoms with Crippen molar-refractivity contribution in [1.82, 2.24) is 19.8 Å². The molecule has 156 valence electrons. The molecule has 0 aliphatic carbocycles. The van der Waals surface area contributed by atoms with E-state index in [1.165, 1.54) is 25.3 Å². The van der Waals surface area contributed by atoms with E-state index < -0.39 is 12.3 Å². The van der Waals surface area contributed by atoms with E-state index in [0.717, 1.165) is 32.2 Å². The number of carbonyl (C=O) groups excluding carboxylic acids is 1. The first-order chi connectivity index (χ1) is 13.7. The van der Waals surface area contributed by atoms with Gasteiger partial charge in [-0.05, 0) is 25.6 Å². The van der Waals surface area contributed by atoms with E-state index in [2.05, 4.69) is 36.9 Å². The topological polar surface area (TPSA) is 70.6 Å². The van der Waals surface area contributed by atoms with Crippen molar-refractivity contribution in [3.05, 3.63) is 47.5 Å². The first-order valence-corrected chi connectivity index (χ1v) is 9.09. The normalized spacial score (nSPS) is 15.9. The summed E-state index contributed by atoms with van der Waals surface area (Å²) < 4.78 is 41.5. The molecule has 1 N–H and O–H groups in total. The molecule has 1 saturated heterocycles. The van der Waals surface area contributed by atoms with Gasteiger partial charge in [-0.2, -0.15) is 0 Å². The molecular formula is C19H22F3N5O2. The minimum atomic E-state index is -4.81. The van der Waals surface area contributed by atoms with Crippen LogP contribution in [0.3, 0.4) is 0 Å². The molecule has 2 heterocycles. The van der Waals surface area contributed by atoms with Gasteiger partial charge in [0.15, 0.2) is 0 Å². The number of carbonyl (C=O) groups is 1. The Hall–Kier alpha value is -2.72. The molecule has 7 nitrogen and oxygen atoms in total. The number of likely N-dealkylation sites (N-methyl/N-ethyl adjacent to an activating group) is 1. The van der Waals surface area contributed by atoms with Crippen LogP contribution in [0, 0.1) is 6.92 Å². The monoisotopic (exact) mass is 409 g/mol. The van der Waals surface area contributed by atoms with E-state index in [9.17, 15) is 18.0 Å². The zero-order valence-electron chi connectivity index (χ0n) is 16.2. The summed E-state index contributed by atoms with van der Waals surface area (Å²) in [6, 6.07) is 4.06. The number of hydrogen-bond donors (Lipinski definition) is 1. The quantitative estimate of drug-likeness (QED) is 0.819. The smallest absolute Gasteiger partial charge is 0.405 e. The third-order valence-corrected chi connectivity index (χ3v) is 4.57. The SMILES string of the molecule is Cc1ccc(NC(=O)c2cncc(CN3CCN(C)CC3)n2)cc1OC(F)(F)F. The number of benzene rings is 1. The van der Waals surface area contributed by atoms with Gasteiger partial charge in [-0.1, -0.05) is 6.07 Å². The van der Waals surface area contributed by atoms with E-state index >= 15 is 0 Å². The van der Waals surface area contributed by atoms with Crippen LogP contribution in [0.5, 0.6) is 5.75 Å². The third-order valence-electron chi connectivity index (χ3n) is 4.57. The summed E-state index contributed by atoms with van der Waals surface area (Å²) in [5.41, 5.74) is 1.23. The van der Waals surface area contributed by atoms with Gasteiger partial charge in [0.25, 0.3) is 5.91 Å². The largest absolute Gasteiger partial charge is 0.573 e. The Morgan fingerprint density at radius 1 is 1.21 bits per heavy atom. The van der Waals surface area contributed by atoms with Crippen molar-refractivity contribution < 1.29 is 22.7 Å². The number of alkyl halides is 3. The van der Waals surface area contributed by atoms with Crippen LogP contribution < -0.4 is 10.1 Å². The molecule has 1 aromatic heterocycles. The summed E-state index contributed by atoms with van der Waals surface area (Å²) in [7, 11) is 2.07. The second-order valence-corrected chi connectivity index (χ2v) is 6.96. The number of aryl methyl sites for hydroxylation is 1. The van der Waals surface area contributed by atoms with Gasteiger partial charge >= 0.3 is 6.36 Å². The molecule has 0 saturated carbocycles. The van der Waals surface area contributed by atoms with Gasteiger partial charge < -0.3 is 15.0 Å². The molecular weight excluding hydrogens is 387 g/mol. The zero-order valence-corrected chi connectivity index (χ0v) is 16.2. The maximum absolute atomic E-state index is 12.5. The molecule has 1 aliphatic rings. The molecule has 2 aromatic rings. The summed E-state index contributed by atoms with van der Waals surface area (Å²) >= 11 is 0. The lowest BCUT2D eigenvalue weighted by molar-refractivity contribution is -0.274. The van der Waals surface area contributed by atoms with Crippen molar-refractivity contribution >= 4 is 11.6 Å². The number of piperazine rings is 1. The number of anilines is 1. The van der Waals surface area contributed by atoms with Gasteiger partial charge in [-0.3, -0.25) is 14.7 Å². The van der Waals surface area contributed by atoms with Gasteiger partial charge in [-0.25, -0.2) is 4.98 Å². The molecule has 0 bridgehead atoms. The van der Waals surface area contributed by atoms with Crippen molar-refractivity contribution in [2.45, 2.75) is 19.8 Å². The molecule has 0 unspecified atom stereocenters. The molecule has 0 spiro atoms. The molecule has 1 aliphatic heterocycles. The van der Waals surface area contributed by atoms with Crippen molar-refractivity contribution in [3.63, 3.8) is 0 Å². The van der Waals surface area contributed by atoms with Crippen LogP contribution in [0.2, 0.25) is 0 Å². The second kappa shape index (κ2) is 8.75. The number of ether oxygens (including phenoxy) is 1. The van der Waals surface area contributed by atoms with Crippen molar-refractivity contribution in [3.8, 4) is 5.75 Å². The maximum Gasteiger partial charge on any atom is 0.573 e. The van der Waals surface area contributed by atoms with Crippen LogP contribution in [0.4, 0.5) is 18.9 Å². The first kappa shape index (κ1) is 21.0. The molecule has 3 rings (SSSR count). The Morgan fingerprint density at radius 3 is 2.62 bits per heavy atom. The molecule has 1 amide bonds. The molecule has 0 atom stereocenters. The van der Waals surface area contributed by atoms with Crippen LogP contribution in [-0.4, -0.2) is 65.3 Å². The van der Waals surface area contributed by atoms with Crippen LogP contribution in [0.25, 0.3) is 0 Å². The minimum Gasteiger partial charge on any atom is -0.405 e. The Kier molecular flexibility index (Phi) is 6.33. The van der Waals surface area contributed by atoms with Crippen LogP contribution in [-0.2, 0) is 6.54 Å². The second-order valence-electron chi connectivity index (χ2n) is 6.96. The van der Waals surface area contributed by atoms with Crippen molar-refractivity contribution in [1.29, 1.82) is 0 Å². The van der Waals surface area contributed by atoms with Gasteiger partial charge in [-0.15, -0.1) is 13.2 Å². The number of rotatable bonds is 5. The summed E-state index contributed by atoms with van der Waals surface area (Å²) in [6.07, 6.45) is -1.88. The lowest BCUT2D eigenvalue weighted by Crippen LogP contribution is -2.44. The Bertz CT molecular complexity index is 867. The van der Waals surface area contributed by atoms with Gasteiger partial charge in [0.05, 0.1) is 11.9 Å². The molecule has 10 heteroatoms. The Labute approximate surface area is 166 Å². The van der Waals surface area contributed by atoms with E-state index in [1.807, 2.05) is 0 Å². The third kappa shape index (κ3) is 6.13. The van der Waals surface area contributed by atoms with Crippen molar-refractivity contribution in [2.24, 2.45) is 0 Å². The van der Waals surface area contributed by atoms with Crippen molar-refractivity contribution in [2.75, 3.05) is 38.5 Å². The molecule has 29 heavy (non-hydrogen) atoms. The van der Waals surface area contributed by atoms with E-state index in [-0.39, 0.29) is 17.1 Å². The van der Waals surface area contributed by atoms with E-state index in [4.69, 9.17) is 0 Å². The Balaban J connectivity index is 1.67. The fourth-order valence-corrected chi connectivity index (χ4v) is 2.93. The van der Waals surface area contributed by atoms with Crippen LogP contribution in [0.15, 0.2) is 30.6 Å². The van der Waals surface area contributed by atoms with Gasteiger partial charge in [0, 0.05) is 50.7 Å². The summed E-state index contributed by atoms with van der Waals surface area (Å²) in [5.74, 6) is -0.926. The number of aromatic nitrogens is 2.